The first-order valence-corrected chi connectivity index (χ1v) is 19.1. The predicted molar refractivity (Wildman–Crippen MR) is 226 cm³/mol. The maximum Gasteiger partial charge on any atom is 0.0546 e. The van der Waals surface area contributed by atoms with Crippen LogP contribution in [0.15, 0.2) is 164 Å². The fourth-order valence-electron chi connectivity index (χ4n) is 9.69. The molecule has 7 aromatic rings. The third-order valence-electron chi connectivity index (χ3n) is 12.1. The second-order valence-corrected chi connectivity index (χ2v) is 16.9. The van der Waals surface area contributed by atoms with Gasteiger partial charge in [0.25, 0.3) is 0 Å². The zero-order chi connectivity index (χ0) is 36.5. The third-order valence-corrected chi connectivity index (χ3v) is 12.1. The standard InChI is InChI=1S/C52H47N/c1-50(2)34-51(3,4)47-33-45-43(32-46(47)50)42-31-40(29-30-44(42)52(45,5)6)53(39-27-25-36(26-28-39)35-17-10-7-11-18-35)48-24-16-23-41(37-19-12-8-13-20-37)49(48)38-21-14-9-15-22-38/h7-33H,34H2,1-6H3. The van der Waals surface area contributed by atoms with Gasteiger partial charge < -0.3 is 4.90 Å². The number of benzene rings is 7. The van der Waals surface area contributed by atoms with Crippen molar-refractivity contribution in [1.29, 1.82) is 0 Å². The van der Waals surface area contributed by atoms with Crippen molar-refractivity contribution in [1.82, 2.24) is 0 Å². The second-order valence-electron chi connectivity index (χ2n) is 16.9. The highest BCUT2D eigenvalue weighted by Gasteiger charge is 2.45. The molecule has 0 atom stereocenters. The number of fused-ring (bicyclic) bond motifs is 4. The average molecular weight is 686 g/mol. The van der Waals surface area contributed by atoms with Gasteiger partial charge in [-0.1, -0.05) is 169 Å². The van der Waals surface area contributed by atoms with Crippen molar-refractivity contribution in [3.8, 4) is 44.5 Å². The molecular formula is C52H47N. The van der Waals surface area contributed by atoms with E-state index in [1.165, 1.54) is 73.2 Å². The molecule has 0 fully saturated rings. The Bertz CT molecular complexity index is 2470. The Balaban J connectivity index is 1.29. The minimum Gasteiger partial charge on any atom is -0.310 e. The third kappa shape index (κ3) is 5.45. The van der Waals surface area contributed by atoms with Gasteiger partial charge in [0.1, 0.15) is 0 Å². The lowest BCUT2D eigenvalue weighted by Crippen LogP contribution is -2.18. The summed E-state index contributed by atoms with van der Waals surface area (Å²) in [7, 11) is 0. The Morgan fingerprint density at radius 2 is 0.906 bits per heavy atom. The van der Waals surface area contributed by atoms with E-state index in [9.17, 15) is 0 Å². The summed E-state index contributed by atoms with van der Waals surface area (Å²) in [5.41, 5.74) is 19.5. The molecule has 9 rings (SSSR count). The SMILES string of the molecule is CC1(C)CC(C)(C)c2cc3c(cc21)-c1cc(N(c2ccc(-c4ccccc4)cc2)c2cccc(-c4ccccc4)c2-c2ccccc2)ccc1C3(C)C. The van der Waals surface area contributed by atoms with Gasteiger partial charge in [-0.25, -0.2) is 0 Å². The second kappa shape index (κ2) is 12.2. The van der Waals surface area contributed by atoms with Crippen LogP contribution in [-0.4, -0.2) is 0 Å². The van der Waals surface area contributed by atoms with Crippen LogP contribution in [0.5, 0.6) is 0 Å². The molecule has 1 nitrogen and oxygen atoms in total. The van der Waals surface area contributed by atoms with Gasteiger partial charge >= 0.3 is 0 Å². The molecule has 0 amide bonds. The molecule has 0 radical (unpaired) electrons. The fourth-order valence-corrected chi connectivity index (χ4v) is 9.69. The van der Waals surface area contributed by atoms with Crippen molar-refractivity contribution in [3.63, 3.8) is 0 Å². The van der Waals surface area contributed by atoms with Gasteiger partial charge in [0.15, 0.2) is 0 Å². The summed E-state index contributed by atoms with van der Waals surface area (Å²) in [6.45, 7) is 14.5. The van der Waals surface area contributed by atoms with Crippen LogP contribution in [0.25, 0.3) is 44.5 Å². The molecule has 7 aromatic carbocycles. The van der Waals surface area contributed by atoms with Crippen molar-refractivity contribution in [2.75, 3.05) is 4.90 Å². The summed E-state index contributed by atoms with van der Waals surface area (Å²) in [5.74, 6) is 0. The number of hydrogen-bond acceptors (Lipinski definition) is 1. The maximum atomic E-state index is 2.57. The largest absolute Gasteiger partial charge is 0.310 e. The number of nitrogens with zero attached hydrogens (tertiary/aromatic N) is 1. The first-order chi connectivity index (χ1) is 25.5. The Morgan fingerprint density at radius 3 is 1.55 bits per heavy atom. The van der Waals surface area contributed by atoms with E-state index >= 15 is 0 Å². The molecule has 0 saturated heterocycles. The van der Waals surface area contributed by atoms with Crippen LogP contribution in [0.4, 0.5) is 17.1 Å². The Kier molecular flexibility index (Phi) is 7.65. The molecule has 0 aromatic heterocycles. The van der Waals surface area contributed by atoms with Gasteiger partial charge in [0.05, 0.1) is 5.69 Å². The lowest BCUT2D eigenvalue weighted by molar-refractivity contribution is 0.403. The minimum atomic E-state index is -0.0916. The van der Waals surface area contributed by atoms with E-state index < -0.39 is 0 Å². The Labute approximate surface area is 315 Å². The van der Waals surface area contributed by atoms with E-state index in [2.05, 4.69) is 210 Å². The highest BCUT2D eigenvalue weighted by atomic mass is 15.1. The van der Waals surface area contributed by atoms with Crippen LogP contribution < -0.4 is 4.90 Å². The molecule has 0 spiro atoms. The molecule has 1 heteroatoms. The fraction of sp³-hybridized carbons (Fsp3) is 0.192. The lowest BCUT2D eigenvalue weighted by atomic mass is 9.79. The molecule has 2 aliphatic rings. The lowest BCUT2D eigenvalue weighted by Gasteiger charge is -2.30. The van der Waals surface area contributed by atoms with Crippen molar-refractivity contribution in [2.24, 2.45) is 0 Å². The summed E-state index contributed by atoms with van der Waals surface area (Å²) in [6.07, 6.45) is 1.17. The molecule has 0 N–H and O–H groups in total. The van der Waals surface area contributed by atoms with Crippen molar-refractivity contribution < 1.29 is 0 Å². The summed E-state index contributed by atoms with van der Waals surface area (Å²) < 4.78 is 0. The minimum absolute atomic E-state index is 0.0916. The van der Waals surface area contributed by atoms with Crippen LogP contribution in [0, 0.1) is 0 Å². The first kappa shape index (κ1) is 33.2. The first-order valence-electron chi connectivity index (χ1n) is 19.1. The van der Waals surface area contributed by atoms with Crippen LogP contribution in [0.3, 0.4) is 0 Å². The number of anilines is 3. The molecule has 0 unspecified atom stereocenters. The topological polar surface area (TPSA) is 3.24 Å². The van der Waals surface area contributed by atoms with Gasteiger partial charge in [-0.15, -0.1) is 0 Å². The Morgan fingerprint density at radius 1 is 0.377 bits per heavy atom. The molecular weight excluding hydrogens is 639 g/mol. The summed E-state index contributed by atoms with van der Waals surface area (Å²) in [4.78, 5) is 2.48. The normalized spacial score (nSPS) is 15.7. The zero-order valence-corrected chi connectivity index (χ0v) is 31.7. The van der Waals surface area contributed by atoms with Gasteiger partial charge in [0.2, 0.25) is 0 Å². The van der Waals surface area contributed by atoms with Gasteiger partial charge in [-0.3, -0.25) is 0 Å². The van der Waals surface area contributed by atoms with E-state index in [0.29, 0.717) is 0 Å². The summed E-state index contributed by atoms with van der Waals surface area (Å²) in [6, 6.07) is 60.6. The molecule has 0 aliphatic heterocycles. The molecule has 2 aliphatic carbocycles. The maximum absolute atomic E-state index is 2.57. The van der Waals surface area contributed by atoms with Crippen molar-refractivity contribution >= 4 is 17.1 Å². The molecule has 0 saturated carbocycles. The molecule has 0 bridgehead atoms. The molecule has 53 heavy (non-hydrogen) atoms. The van der Waals surface area contributed by atoms with Crippen LogP contribution in [-0.2, 0) is 16.2 Å². The summed E-state index contributed by atoms with van der Waals surface area (Å²) >= 11 is 0. The molecule has 0 heterocycles. The molecule has 260 valence electrons. The zero-order valence-electron chi connectivity index (χ0n) is 31.7. The van der Waals surface area contributed by atoms with Gasteiger partial charge in [-0.2, -0.15) is 0 Å². The summed E-state index contributed by atoms with van der Waals surface area (Å²) in [5, 5.41) is 0. The van der Waals surface area contributed by atoms with Crippen LogP contribution >= 0.6 is 0 Å². The quantitative estimate of drug-likeness (QED) is 0.168. The van der Waals surface area contributed by atoms with E-state index in [1.807, 2.05) is 0 Å². The van der Waals surface area contributed by atoms with E-state index in [4.69, 9.17) is 0 Å². The van der Waals surface area contributed by atoms with E-state index in [-0.39, 0.29) is 16.2 Å². The van der Waals surface area contributed by atoms with Crippen LogP contribution in [0.1, 0.15) is 70.2 Å². The number of hydrogen-bond donors (Lipinski definition) is 0. The van der Waals surface area contributed by atoms with Gasteiger partial charge in [-0.05, 0) is 115 Å². The van der Waals surface area contributed by atoms with Crippen molar-refractivity contribution in [3.05, 3.63) is 186 Å². The average Bonchev–Trinajstić information content (AvgIpc) is 3.51. The highest BCUT2D eigenvalue weighted by molar-refractivity contribution is 5.98. The Hall–Kier alpha value is -5.66. The highest BCUT2D eigenvalue weighted by Crippen LogP contribution is 2.57. The van der Waals surface area contributed by atoms with E-state index in [1.54, 1.807) is 0 Å². The van der Waals surface area contributed by atoms with Gasteiger partial charge in [0, 0.05) is 22.4 Å². The monoisotopic (exact) mass is 685 g/mol. The van der Waals surface area contributed by atoms with E-state index in [0.717, 1.165) is 17.1 Å². The predicted octanol–water partition coefficient (Wildman–Crippen LogP) is 14.4. The van der Waals surface area contributed by atoms with Crippen molar-refractivity contribution in [2.45, 2.75) is 64.2 Å². The van der Waals surface area contributed by atoms with Crippen LogP contribution in [0.2, 0.25) is 0 Å². The number of rotatable bonds is 6. The smallest absolute Gasteiger partial charge is 0.0546 e.